The quantitative estimate of drug-likeness (QED) is 0.104. The zero-order valence-corrected chi connectivity index (χ0v) is 26.4. The molecule has 1 saturated carbocycles. The average molecular weight is 569 g/mol. The Morgan fingerprint density at radius 2 is 1.51 bits per heavy atom. The first-order valence-corrected chi connectivity index (χ1v) is 16.8. The zero-order valence-electron chi connectivity index (χ0n) is 24.6. The predicted octanol–water partition coefficient (Wildman–Crippen LogP) is 7.55. The molecule has 0 saturated heterocycles. The van der Waals surface area contributed by atoms with Crippen molar-refractivity contribution in [2.75, 3.05) is 46.3 Å². The molecular formula is C27H54O8P2. The number of methoxy groups -OCH3 is 1. The fraction of sp³-hybridized carbons (Fsp3) is 1.00. The van der Waals surface area contributed by atoms with Crippen LogP contribution in [-0.2, 0) is 37.1 Å². The second kappa shape index (κ2) is 18.4. The van der Waals surface area contributed by atoms with Gasteiger partial charge >= 0.3 is 7.60 Å². The lowest BCUT2D eigenvalue weighted by molar-refractivity contribution is -0.239. The van der Waals surface area contributed by atoms with Gasteiger partial charge in [-0.05, 0) is 64.7 Å². The van der Waals surface area contributed by atoms with Crippen molar-refractivity contribution in [1.29, 1.82) is 0 Å². The molecule has 37 heavy (non-hydrogen) atoms. The second-order valence-electron chi connectivity index (χ2n) is 10.5. The fourth-order valence-corrected chi connectivity index (χ4v) is 8.10. The minimum absolute atomic E-state index is 0.106. The van der Waals surface area contributed by atoms with Crippen molar-refractivity contribution in [3.8, 4) is 0 Å². The van der Waals surface area contributed by atoms with E-state index >= 15 is 0 Å². The Bertz CT molecular complexity index is 646. The molecule has 10 heteroatoms. The van der Waals surface area contributed by atoms with Crippen LogP contribution in [0.4, 0.5) is 0 Å². The molecule has 0 aromatic carbocycles. The smallest absolute Gasteiger partial charge is 0.331 e. The molecule has 0 bridgehead atoms. The van der Waals surface area contributed by atoms with E-state index in [1.807, 2.05) is 27.7 Å². The highest BCUT2D eigenvalue weighted by atomic mass is 31.2. The molecule has 1 aliphatic carbocycles. The van der Waals surface area contributed by atoms with E-state index in [9.17, 15) is 9.13 Å². The molecule has 0 aromatic rings. The van der Waals surface area contributed by atoms with Crippen molar-refractivity contribution < 1.29 is 37.1 Å². The summed E-state index contributed by atoms with van der Waals surface area (Å²) in [4.78, 5) is 0. The third-order valence-corrected chi connectivity index (χ3v) is 10.2. The molecule has 1 rings (SSSR count). The van der Waals surface area contributed by atoms with Gasteiger partial charge in [-0.2, -0.15) is 0 Å². The Hall–Kier alpha value is 0.0900. The van der Waals surface area contributed by atoms with E-state index in [1.54, 1.807) is 7.11 Å². The molecule has 0 heterocycles. The van der Waals surface area contributed by atoms with Crippen molar-refractivity contribution in [3.63, 3.8) is 0 Å². The standard InChI is InChI=1S/C27H54O8P2/c1-9-32-27(36-28,33-10-2)24-19-25(31-17-16-22(7)15-13-14-21(5)6)23(18-26(24)30-8)20-37(29,34-11-3)35-12-4/h21-26H,9-20H2,1-8H3. The van der Waals surface area contributed by atoms with Gasteiger partial charge in [0, 0.05) is 26.9 Å². The van der Waals surface area contributed by atoms with Gasteiger partial charge in [-0.1, -0.05) is 40.0 Å². The average Bonchev–Trinajstić information content (AvgIpc) is 2.84. The first-order valence-electron chi connectivity index (χ1n) is 14.3. The van der Waals surface area contributed by atoms with Gasteiger partial charge in [-0.15, -0.1) is 0 Å². The van der Waals surface area contributed by atoms with Gasteiger partial charge in [0.15, 0.2) is 0 Å². The summed E-state index contributed by atoms with van der Waals surface area (Å²) in [5.41, 5.74) is -1.32. The molecule has 5 atom stereocenters. The number of hydrogen-bond donors (Lipinski definition) is 0. The highest BCUT2D eigenvalue weighted by Gasteiger charge is 2.53. The van der Waals surface area contributed by atoms with Gasteiger partial charge in [0.25, 0.3) is 5.53 Å². The summed E-state index contributed by atoms with van der Waals surface area (Å²) in [6, 6.07) is 0. The van der Waals surface area contributed by atoms with Crippen LogP contribution in [0.25, 0.3) is 0 Å². The second-order valence-corrected chi connectivity index (χ2v) is 13.4. The van der Waals surface area contributed by atoms with Crippen molar-refractivity contribution in [1.82, 2.24) is 0 Å². The number of rotatable bonds is 21. The molecule has 8 nitrogen and oxygen atoms in total. The normalized spacial score (nSPS) is 24.1. The maximum atomic E-state index is 13.5. The van der Waals surface area contributed by atoms with E-state index in [2.05, 4.69) is 20.8 Å². The first-order chi connectivity index (χ1) is 17.6. The summed E-state index contributed by atoms with van der Waals surface area (Å²) in [6.45, 7) is 16.1. The van der Waals surface area contributed by atoms with E-state index in [1.165, 1.54) is 19.3 Å². The van der Waals surface area contributed by atoms with Gasteiger partial charge in [-0.3, -0.25) is 9.13 Å². The largest absolute Gasteiger partial charge is 0.381 e. The number of ether oxygens (including phenoxy) is 4. The Labute approximate surface area is 227 Å². The van der Waals surface area contributed by atoms with Crippen LogP contribution in [0, 0.1) is 23.7 Å². The Kier molecular flexibility index (Phi) is 17.5. The van der Waals surface area contributed by atoms with Gasteiger partial charge in [0.1, 0.15) is 0 Å². The minimum atomic E-state index is -3.29. The van der Waals surface area contributed by atoms with Crippen molar-refractivity contribution in [3.05, 3.63) is 0 Å². The molecule has 0 spiro atoms. The highest BCUT2D eigenvalue weighted by molar-refractivity contribution is 7.53. The van der Waals surface area contributed by atoms with Crippen molar-refractivity contribution >= 4 is 16.1 Å². The highest BCUT2D eigenvalue weighted by Crippen LogP contribution is 2.54. The van der Waals surface area contributed by atoms with E-state index in [0.717, 1.165) is 12.3 Å². The lowest BCUT2D eigenvalue weighted by atomic mass is 9.77. The summed E-state index contributed by atoms with van der Waals surface area (Å²) >= 11 is 0. The molecule has 220 valence electrons. The van der Waals surface area contributed by atoms with Gasteiger partial charge in [-0.25, -0.2) is 0 Å². The Morgan fingerprint density at radius 1 is 0.892 bits per heavy atom. The zero-order chi connectivity index (χ0) is 27.9. The molecule has 1 fully saturated rings. The lowest BCUT2D eigenvalue weighted by Gasteiger charge is -2.46. The third kappa shape index (κ3) is 11.6. The van der Waals surface area contributed by atoms with Crippen LogP contribution in [-0.4, -0.2) is 64.0 Å². The minimum Gasteiger partial charge on any atom is -0.381 e. The summed E-state index contributed by atoms with van der Waals surface area (Å²) < 4.78 is 61.5. The third-order valence-electron chi connectivity index (χ3n) is 7.13. The predicted molar refractivity (Wildman–Crippen MR) is 149 cm³/mol. The summed E-state index contributed by atoms with van der Waals surface area (Å²) in [5.74, 6) is 0.859. The Balaban J connectivity index is 3.12. The lowest BCUT2D eigenvalue weighted by Crippen LogP contribution is -2.52. The molecule has 1 aliphatic rings. The van der Waals surface area contributed by atoms with Gasteiger partial charge in [0.2, 0.25) is 8.46 Å². The summed E-state index contributed by atoms with van der Waals surface area (Å²) in [7, 11) is -1.89. The monoisotopic (exact) mass is 568 g/mol. The molecule has 0 radical (unpaired) electrons. The fourth-order valence-electron chi connectivity index (χ4n) is 5.30. The van der Waals surface area contributed by atoms with Gasteiger partial charge < -0.3 is 28.0 Å². The maximum absolute atomic E-state index is 13.5. The molecule has 0 N–H and O–H groups in total. The van der Waals surface area contributed by atoms with E-state index in [0.29, 0.717) is 51.8 Å². The number of hydrogen-bond acceptors (Lipinski definition) is 8. The van der Waals surface area contributed by atoms with Crippen LogP contribution < -0.4 is 0 Å². The first kappa shape index (κ1) is 35.1. The maximum Gasteiger partial charge on any atom is 0.331 e. The molecule has 0 amide bonds. The molecule has 0 aliphatic heterocycles. The molecular weight excluding hydrogens is 514 g/mol. The Morgan fingerprint density at radius 3 is 2.00 bits per heavy atom. The van der Waals surface area contributed by atoms with E-state index in [-0.39, 0.29) is 38.7 Å². The van der Waals surface area contributed by atoms with Crippen molar-refractivity contribution in [2.24, 2.45) is 23.7 Å². The summed E-state index contributed by atoms with van der Waals surface area (Å²) in [6.07, 6.45) is 5.37. The topological polar surface area (TPSA) is 89.5 Å². The van der Waals surface area contributed by atoms with Crippen LogP contribution in [0.2, 0.25) is 0 Å². The van der Waals surface area contributed by atoms with Crippen LogP contribution >= 0.6 is 16.1 Å². The summed E-state index contributed by atoms with van der Waals surface area (Å²) in [5, 5.41) is 0. The SMILES string of the molecule is CCOC(OCC)(P=O)C1CC(OCCC(C)CCCC(C)C)C(CP(=O)(OCC)OCC)CC1OC. The van der Waals surface area contributed by atoms with Gasteiger partial charge in [0.05, 0.1) is 37.5 Å². The molecule has 0 aromatic heterocycles. The van der Waals surface area contributed by atoms with Crippen LogP contribution in [0.3, 0.4) is 0 Å². The van der Waals surface area contributed by atoms with Crippen molar-refractivity contribution in [2.45, 2.75) is 105 Å². The van der Waals surface area contributed by atoms with E-state index < -0.39 is 13.1 Å². The van der Waals surface area contributed by atoms with Crippen LogP contribution in [0.1, 0.15) is 87.0 Å². The van der Waals surface area contributed by atoms with Crippen LogP contribution in [0.15, 0.2) is 0 Å². The van der Waals surface area contributed by atoms with Crippen LogP contribution in [0.5, 0.6) is 0 Å². The van der Waals surface area contributed by atoms with E-state index in [4.69, 9.17) is 28.0 Å². The molecule has 5 unspecified atom stereocenters.